The summed E-state index contributed by atoms with van der Waals surface area (Å²) in [5.74, 6) is -0.743. The van der Waals surface area contributed by atoms with Crippen molar-refractivity contribution in [2.75, 3.05) is 13.6 Å². The van der Waals surface area contributed by atoms with Crippen molar-refractivity contribution in [3.63, 3.8) is 0 Å². The standard InChI is InChI=1S/C19H22N2O3/c1-20(13-14-7-3-2-4-8-14)17(22)11-12-21-18(23)15-9-5-6-10-16(15)19(21)24/h2-8,15-16H,9-13H2,1H3/t15-,16-/m0/s1. The van der Waals surface area contributed by atoms with Gasteiger partial charge in [-0.05, 0) is 18.4 Å². The van der Waals surface area contributed by atoms with E-state index in [0.29, 0.717) is 19.4 Å². The molecule has 0 bridgehead atoms. The molecule has 0 unspecified atom stereocenters. The number of carbonyl (C=O) groups is 3. The van der Waals surface area contributed by atoms with E-state index in [1.807, 2.05) is 42.5 Å². The van der Waals surface area contributed by atoms with E-state index in [9.17, 15) is 14.4 Å². The molecule has 126 valence electrons. The van der Waals surface area contributed by atoms with Crippen molar-refractivity contribution in [2.24, 2.45) is 11.8 Å². The smallest absolute Gasteiger partial charge is 0.233 e. The number of fused-ring (bicyclic) bond motifs is 1. The zero-order valence-electron chi connectivity index (χ0n) is 13.9. The van der Waals surface area contributed by atoms with Gasteiger partial charge in [-0.15, -0.1) is 0 Å². The molecule has 0 aromatic heterocycles. The summed E-state index contributed by atoms with van der Waals surface area (Å²) in [6.45, 7) is 0.708. The van der Waals surface area contributed by atoms with Gasteiger partial charge in [-0.3, -0.25) is 19.3 Å². The molecular weight excluding hydrogens is 304 g/mol. The molecule has 2 aliphatic rings. The molecule has 5 heteroatoms. The van der Waals surface area contributed by atoms with Gasteiger partial charge in [0.1, 0.15) is 0 Å². The molecule has 1 fully saturated rings. The van der Waals surface area contributed by atoms with Crippen molar-refractivity contribution in [1.82, 2.24) is 9.80 Å². The molecule has 1 aromatic rings. The zero-order valence-corrected chi connectivity index (χ0v) is 13.9. The molecule has 2 atom stereocenters. The molecular formula is C19H22N2O3. The Morgan fingerprint density at radius 3 is 2.25 bits per heavy atom. The maximum absolute atomic E-state index is 12.4. The Kier molecular flexibility index (Phi) is 4.79. The predicted molar refractivity (Wildman–Crippen MR) is 89.6 cm³/mol. The Morgan fingerprint density at radius 2 is 1.67 bits per heavy atom. The van der Waals surface area contributed by atoms with E-state index in [0.717, 1.165) is 5.56 Å². The number of likely N-dealkylation sites (tertiary alicyclic amines) is 1. The number of hydrogen-bond donors (Lipinski definition) is 0. The lowest BCUT2D eigenvalue weighted by atomic mass is 9.85. The maximum atomic E-state index is 12.4. The van der Waals surface area contributed by atoms with Crippen molar-refractivity contribution < 1.29 is 14.4 Å². The second kappa shape index (κ2) is 6.99. The minimum Gasteiger partial charge on any atom is -0.341 e. The van der Waals surface area contributed by atoms with Gasteiger partial charge in [0, 0.05) is 26.6 Å². The molecule has 3 amide bonds. The number of allylic oxidation sites excluding steroid dienone is 2. The first kappa shape index (κ1) is 16.4. The van der Waals surface area contributed by atoms with E-state index in [1.165, 1.54) is 4.90 Å². The molecule has 24 heavy (non-hydrogen) atoms. The lowest BCUT2D eigenvalue weighted by Gasteiger charge is -2.20. The number of hydrogen-bond acceptors (Lipinski definition) is 3. The average molecular weight is 326 g/mol. The lowest BCUT2D eigenvalue weighted by Crippen LogP contribution is -2.36. The fourth-order valence-corrected chi connectivity index (χ4v) is 3.43. The van der Waals surface area contributed by atoms with Crippen LogP contribution < -0.4 is 0 Å². The van der Waals surface area contributed by atoms with Crippen LogP contribution in [-0.2, 0) is 20.9 Å². The first-order valence-corrected chi connectivity index (χ1v) is 8.36. The van der Waals surface area contributed by atoms with Gasteiger partial charge in [-0.1, -0.05) is 42.5 Å². The Labute approximate surface area is 141 Å². The quantitative estimate of drug-likeness (QED) is 0.614. The predicted octanol–water partition coefficient (Wildman–Crippen LogP) is 1.99. The van der Waals surface area contributed by atoms with E-state index in [1.54, 1.807) is 11.9 Å². The molecule has 1 aliphatic heterocycles. The molecule has 3 rings (SSSR count). The number of imide groups is 1. The van der Waals surface area contributed by atoms with Crippen LogP contribution in [0.3, 0.4) is 0 Å². The number of carbonyl (C=O) groups excluding carboxylic acids is 3. The highest BCUT2D eigenvalue weighted by atomic mass is 16.2. The van der Waals surface area contributed by atoms with E-state index in [-0.39, 0.29) is 42.5 Å². The summed E-state index contributed by atoms with van der Waals surface area (Å²) >= 11 is 0. The van der Waals surface area contributed by atoms with Gasteiger partial charge in [0.25, 0.3) is 0 Å². The zero-order chi connectivity index (χ0) is 17.1. The molecule has 1 heterocycles. The van der Waals surface area contributed by atoms with Gasteiger partial charge in [0.15, 0.2) is 0 Å². The Bertz CT molecular complexity index is 642. The third kappa shape index (κ3) is 3.25. The number of amides is 3. The summed E-state index contributed by atoms with van der Waals surface area (Å²) in [7, 11) is 1.74. The SMILES string of the molecule is CN(Cc1ccccc1)C(=O)CCN1C(=O)[C@H]2CC=CC[C@@H]2C1=O. The van der Waals surface area contributed by atoms with Gasteiger partial charge in [-0.25, -0.2) is 0 Å². The molecule has 0 N–H and O–H groups in total. The highest BCUT2D eigenvalue weighted by molar-refractivity contribution is 6.05. The van der Waals surface area contributed by atoms with Gasteiger partial charge in [0.2, 0.25) is 17.7 Å². The first-order valence-electron chi connectivity index (χ1n) is 8.36. The topological polar surface area (TPSA) is 57.7 Å². The van der Waals surface area contributed by atoms with Crippen molar-refractivity contribution >= 4 is 17.7 Å². The molecule has 0 spiro atoms. The molecule has 1 saturated heterocycles. The van der Waals surface area contributed by atoms with Crippen LogP contribution in [-0.4, -0.2) is 41.1 Å². The van der Waals surface area contributed by atoms with Crippen LogP contribution in [0.4, 0.5) is 0 Å². The van der Waals surface area contributed by atoms with Crippen LogP contribution in [0.15, 0.2) is 42.5 Å². The molecule has 1 aromatic carbocycles. The van der Waals surface area contributed by atoms with Crippen LogP contribution in [0.25, 0.3) is 0 Å². The van der Waals surface area contributed by atoms with Crippen LogP contribution in [0.1, 0.15) is 24.8 Å². The maximum Gasteiger partial charge on any atom is 0.233 e. The van der Waals surface area contributed by atoms with Crippen molar-refractivity contribution in [3.05, 3.63) is 48.0 Å². The van der Waals surface area contributed by atoms with E-state index in [2.05, 4.69) is 0 Å². The summed E-state index contributed by atoms with van der Waals surface area (Å²) in [5, 5.41) is 0. The summed E-state index contributed by atoms with van der Waals surface area (Å²) in [6.07, 6.45) is 5.37. The fraction of sp³-hybridized carbons (Fsp3) is 0.421. The molecule has 0 saturated carbocycles. The largest absolute Gasteiger partial charge is 0.341 e. The van der Waals surface area contributed by atoms with Crippen LogP contribution in [0.5, 0.6) is 0 Å². The number of benzene rings is 1. The summed E-state index contributed by atoms with van der Waals surface area (Å²) in [4.78, 5) is 40.0. The van der Waals surface area contributed by atoms with Crippen molar-refractivity contribution in [2.45, 2.75) is 25.8 Å². The number of nitrogens with zero attached hydrogens (tertiary/aromatic N) is 2. The lowest BCUT2D eigenvalue weighted by molar-refractivity contribution is -0.140. The third-order valence-electron chi connectivity index (χ3n) is 4.84. The monoisotopic (exact) mass is 326 g/mol. The summed E-state index contributed by atoms with van der Waals surface area (Å²) in [6, 6.07) is 9.74. The fourth-order valence-electron chi connectivity index (χ4n) is 3.43. The normalized spacial score (nSPS) is 22.6. The van der Waals surface area contributed by atoms with Crippen LogP contribution in [0, 0.1) is 11.8 Å². The van der Waals surface area contributed by atoms with Gasteiger partial charge in [-0.2, -0.15) is 0 Å². The third-order valence-corrected chi connectivity index (χ3v) is 4.84. The highest BCUT2D eigenvalue weighted by Crippen LogP contribution is 2.35. The summed E-state index contributed by atoms with van der Waals surface area (Å²) in [5.41, 5.74) is 1.05. The van der Waals surface area contributed by atoms with Crippen molar-refractivity contribution in [3.8, 4) is 0 Å². The van der Waals surface area contributed by atoms with E-state index in [4.69, 9.17) is 0 Å². The number of rotatable bonds is 5. The Balaban J connectivity index is 1.54. The molecule has 1 aliphatic carbocycles. The van der Waals surface area contributed by atoms with Gasteiger partial charge in [0.05, 0.1) is 11.8 Å². The summed E-state index contributed by atoms with van der Waals surface area (Å²) < 4.78 is 0. The van der Waals surface area contributed by atoms with E-state index >= 15 is 0 Å². The minimum absolute atomic E-state index is 0.0625. The molecule has 5 nitrogen and oxygen atoms in total. The van der Waals surface area contributed by atoms with Crippen LogP contribution in [0.2, 0.25) is 0 Å². The average Bonchev–Trinajstić information content (AvgIpc) is 2.85. The highest BCUT2D eigenvalue weighted by Gasteiger charge is 2.46. The Hall–Kier alpha value is -2.43. The Morgan fingerprint density at radius 1 is 1.08 bits per heavy atom. The second-order valence-electron chi connectivity index (χ2n) is 6.47. The second-order valence-corrected chi connectivity index (χ2v) is 6.47. The van der Waals surface area contributed by atoms with Gasteiger partial charge < -0.3 is 4.90 Å². The minimum atomic E-state index is -0.223. The van der Waals surface area contributed by atoms with E-state index < -0.39 is 0 Å². The van der Waals surface area contributed by atoms with Gasteiger partial charge >= 0.3 is 0 Å². The van der Waals surface area contributed by atoms with Crippen molar-refractivity contribution in [1.29, 1.82) is 0 Å². The van der Waals surface area contributed by atoms with Crippen LogP contribution >= 0.6 is 0 Å². The first-order chi connectivity index (χ1) is 11.6. The molecule has 0 radical (unpaired) electrons.